The fraction of sp³-hybridized carbons (Fsp3) is 0.877. The van der Waals surface area contributed by atoms with Gasteiger partial charge in [0.15, 0.2) is 0 Å². The number of unbranched alkanes of at least 4 members (excludes halogenated alkanes) is 37. The number of nitrogens with one attached hydrogen (secondary N) is 1. The Morgan fingerprint density at radius 2 is 0.661 bits per heavy atom. The van der Waals surface area contributed by atoms with Gasteiger partial charge in [0.2, 0.25) is 5.91 Å². The predicted octanol–water partition coefficient (Wildman–Crippen LogP) is 17.1. The summed E-state index contributed by atoms with van der Waals surface area (Å²) in [6.07, 6.45) is 67.3. The van der Waals surface area contributed by atoms with Crippen LogP contribution in [0.2, 0.25) is 0 Å². The summed E-state index contributed by atoms with van der Waals surface area (Å²) in [6.45, 7) is 4.19. The van der Waals surface area contributed by atoms with Crippen molar-refractivity contribution in [1.29, 1.82) is 0 Å². The second kappa shape index (κ2) is 52.2. The number of aliphatic hydroxyl groups excluding tert-OH is 3. The number of rotatable bonds is 51. The number of amides is 1. The quantitative estimate of drug-likeness (QED) is 0.0362. The fourth-order valence-corrected chi connectivity index (χ4v) is 8.65. The summed E-state index contributed by atoms with van der Waals surface area (Å²) in [7, 11) is 0. The zero-order chi connectivity index (χ0) is 45.1. The van der Waals surface area contributed by atoms with Gasteiger partial charge >= 0.3 is 0 Å². The van der Waals surface area contributed by atoms with Crippen molar-refractivity contribution < 1.29 is 20.1 Å². The molecule has 0 aromatic heterocycles. The number of carbonyl (C=O) groups excluding carboxylic acids is 1. The lowest BCUT2D eigenvalue weighted by atomic mass is 10.0. The zero-order valence-electron chi connectivity index (χ0n) is 41.8. The van der Waals surface area contributed by atoms with E-state index in [9.17, 15) is 20.1 Å². The van der Waals surface area contributed by atoms with Gasteiger partial charge in [-0.3, -0.25) is 4.79 Å². The average molecular weight is 873 g/mol. The number of carbonyl (C=O) groups is 1. The third-order valence-corrected chi connectivity index (χ3v) is 12.9. The maximum absolute atomic E-state index is 12.5. The van der Waals surface area contributed by atoms with Crippen molar-refractivity contribution in [1.82, 2.24) is 5.32 Å². The van der Waals surface area contributed by atoms with E-state index in [1.54, 1.807) is 0 Å². The molecule has 0 aromatic rings. The molecule has 0 saturated carbocycles. The van der Waals surface area contributed by atoms with Gasteiger partial charge in [-0.15, -0.1) is 0 Å². The third-order valence-electron chi connectivity index (χ3n) is 12.9. The van der Waals surface area contributed by atoms with E-state index in [1.165, 1.54) is 225 Å². The highest BCUT2D eigenvalue weighted by Gasteiger charge is 2.26. The van der Waals surface area contributed by atoms with E-state index < -0.39 is 18.2 Å². The van der Waals surface area contributed by atoms with Crippen molar-refractivity contribution in [3.63, 3.8) is 0 Å². The van der Waals surface area contributed by atoms with E-state index in [0.717, 1.165) is 44.9 Å². The van der Waals surface area contributed by atoms with Gasteiger partial charge in [-0.25, -0.2) is 0 Å². The van der Waals surface area contributed by atoms with Crippen LogP contribution in [0.25, 0.3) is 0 Å². The van der Waals surface area contributed by atoms with Crippen molar-refractivity contribution >= 4 is 5.91 Å². The molecule has 3 unspecified atom stereocenters. The smallest absolute Gasteiger partial charge is 0.220 e. The number of allylic oxidation sites excluding steroid dienone is 6. The molecule has 5 nitrogen and oxygen atoms in total. The van der Waals surface area contributed by atoms with Gasteiger partial charge in [-0.05, 0) is 77.0 Å². The van der Waals surface area contributed by atoms with Gasteiger partial charge in [0.25, 0.3) is 0 Å². The Kier molecular flexibility index (Phi) is 51.0. The number of hydrogen-bond acceptors (Lipinski definition) is 4. The van der Waals surface area contributed by atoms with E-state index in [1.807, 2.05) is 0 Å². The van der Waals surface area contributed by atoms with Crippen molar-refractivity contribution in [2.75, 3.05) is 6.61 Å². The highest BCUT2D eigenvalue weighted by molar-refractivity contribution is 5.76. The first-order valence-corrected chi connectivity index (χ1v) is 27.8. The lowest BCUT2D eigenvalue weighted by Gasteiger charge is -2.26. The first-order chi connectivity index (χ1) is 30.6. The first kappa shape index (κ1) is 60.6. The Balaban J connectivity index is 3.58. The molecule has 62 heavy (non-hydrogen) atoms. The second-order valence-corrected chi connectivity index (χ2v) is 19.1. The molecule has 0 rings (SSSR count). The van der Waals surface area contributed by atoms with Crippen LogP contribution < -0.4 is 5.32 Å². The standard InChI is InChI=1S/C57H109NO4/c1-3-5-7-9-11-13-15-17-19-21-23-25-26-27-28-29-30-31-32-34-36-38-40-42-44-46-48-50-52-56(61)58-54(53-59)57(62)55(60)51-49-47-45-43-41-39-37-35-33-24-22-20-18-16-14-12-10-8-6-4-2/h27-28,35,37,43,45,54-55,57,59-60,62H,3-26,29-34,36,38-42,44,46-53H2,1-2H3,(H,58,61)/b28-27-,37-35+,45-43+. The van der Waals surface area contributed by atoms with Crippen LogP contribution in [-0.2, 0) is 4.79 Å². The maximum atomic E-state index is 12.5. The van der Waals surface area contributed by atoms with Gasteiger partial charge in [0.05, 0.1) is 18.8 Å². The summed E-state index contributed by atoms with van der Waals surface area (Å²) >= 11 is 0. The molecule has 0 fully saturated rings. The third kappa shape index (κ3) is 46.6. The van der Waals surface area contributed by atoms with Gasteiger partial charge in [0.1, 0.15) is 6.10 Å². The van der Waals surface area contributed by atoms with Crippen molar-refractivity contribution in [2.24, 2.45) is 0 Å². The summed E-state index contributed by atoms with van der Waals surface area (Å²) in [5, 5.41) is 33.7. The lowest BCUT2D eigenvalue weighted by molar-refractivity contribution is -0.124. The Hall–Kier alpha value is -1.43. The first-order valence-electron chi connectivity index (χ1n) is 27.8. The summed E-state index contributed by atoms with van der Waals surface area (Å²) < 4.78 is 0. The molecule has 0 bridgehead atoms. The highest BCUT2D eigenvalue weighted by atomic mass is 16.3. The van der Waals surface area contributed by atoms with Crippen LogP contribution in [0.3, 0.4) is 0 Å². The number of aliphatic hydroxyl groups is 3. The molecule has 366 valence electrons. The molecule has 0 saturated heterocycles. The predicted molar refractivity (Wildman–Crippen MR) is 273 cm³/mol. The Morgan fingerprint density at radius 1 is 0.387 bits per heavy atom. The van der Waals surface area contributed by atoms with Crippen LogP contribution in [0.15, 0.2) is 36.5 Å². The van der Waals surface area contributed by atoms with Crippen LogP contribution >= 0.6 is 0 Å². The van der Waals surface area contributed by atoms with Gasteiger partial charge < -0.3 is 20.6 Å². The Bertz CT molecular complexity index is 962. The van der Waals surface area contributed by atoms with Gasteiger partial charge in [-0.2, -0.15) is 0 Å². The van der Waals surface area contributed by atoms with Crippen LogP contribution in [0.1, 0.15) is 296 Å². The van der Waals surface area contributed by atoms with Crippen molar-refractivity contribution in [3.8, 4) is 0 Å². The largest absolute Gasteiger partial charge is 0.394 e. The monoisotopic (exact) mass is 872 g/mol. The molecule has 0 aliphatic carbocycles. The highest BCUT2D eigenvalue weighted by Crippen LogP contribution is 2.17. The average Bonchev–Trinajstić information content (AvgIpc) is 3.28. The molecule has 1 amide bonds. The van der Waals surface area contributed by atoms with Crippen LogP contribution in [-0.4, -0.2) is 46.1 Å². The topological polar surface area (TPSA) is 89.8 Å². The van der Waals surface area contributed by atoms with E-state index in [0.29, 0.717) is 12.8 Å². The summed E-state index contributed by atoms with van der Waals surface area (Å²) in [5.74, 6) is -0.156. The molecule has 0 aliphatic rings. The maximum Gasteiger partial charge on any atom is 0.220 e. The van der Waals surface area contributed by atoms with E-state index in [-0.39, 0.29) is 12.5 Å². The summed E-state index contributed by atoms with van der Waals surface area (Å²) in [6, 6.07) is -0.833. The van der Waals surface area contributed by atoms with Crippen molar-refractivity contribution in [3.05, 3.63) is 36.5 Å². The van der Waals surface area contributed by atoms with E-state index in [2.05, 4.69) is 55.6 Å². The van der Waals surface area contributed by atoms with Gasteiger partial charge in [-0.1, -0.05) is 249 Å². The Morgan fingerprint density at radius 3 is 0.984 bits per heavy atom. The molecule has 4 N–H and O–H groups in total. The minimum absolute atomic E-state index is 0.156. The van der Waals surface area contributed by atoms with Crippen LogP contribution in [0.5, 0.6) is 0 Å². The molecule has 0 aliphatic heterocycles. The lowest BCUT2D eigenvalue weighted by Crippen LogP contribution is -2.50. The van der Waals surface area contributed by atoms with Crippen LogP contribution in [0.4, 0.5) is 0 Å². The van der Waals surface area contributed by atoms with Crippen molar-refractivity contribution in [2.45, 2.75) is 315 Å². The molecule has 0 aromatic carbocycles. The molecule has 5 heteroatoms. The summed E-state index contributed by atoms with van der Waals surface area (Å²) in [5.41, 5.74) is 0. The van der Waals surface area contributed by atoms with E-state index in [4.69, 9.17) is 0 Å². The molecule has 0 radical (unpaired) electrons. The molecular weight excluding hydrogens is 763 g/mol. The van der Waals surface area contributed by atoms with Gasteiger partial charge in [0, 0.05) is 6.42 Å². The molecule has 0 heterocycles. The number of hydrogen-bond donors (Lipinski definition) is 4. The molecule has 3 atom stereocenters. The minimum Gasteiger partial charge on any atom is -0.394 e. The minimum atomic E-state index is -1.17. The fourth-order valence-electron chi connectivity index (χ4n) is 8.65. The van der Waals surface area contributed by atoms with Crippen LogP contribution in [0, 0.1) is 0 Å². The normalized spacial score (nSPS) is 13.6. The zero-order valence-corrected chi connectivity index (χ0v) is 41.8. The Labute approximate surface area is 387 Å². The summed E-state index contributed by atoms with van der Waals surface area (Å²) in [4.78, 5) is 12.5. The molecular formula is C57H109NO4. The molecule has 0 spiro atoms. The second-order valence-electron chi connectivity index (χ2n) is 19.1. The van der Waals surface area contributed by atoms with E-state index >= 15 is 0 Å². The SMILES string of the molecule is CCCCCCCCCCCCC/C=C/CC/C=C/CCCC(O)C(O)C(CO)NC(=O)CCCCCCCCCCCCCC/C=C\CCCCCCCCCCCCCC.